The zero-order valence-corrected chi connectivity index (χ0v) is 20.5. The third-order valence-electron chi connectivity index (χ3n) is 6.53. The van der Waals surface area contributed by atoms with Gasteiger partial charge in [-0.1, -0.05) is 37.1 Å². The zero-order valence-electron chi connectivity index (χ0n) is 19.7. The molecule has 0 amide bonds. The smallest absolute Gasteiger partial charge is 0.232 e. The summed E-state index contributed by atoms with van der Waals surface area (Å²) in [6.45, 7) is 6.29. The maximum atomic E-state index is 5.63. The summed E-state index contributed by atoms with van der Waals surface area (Å²) in [4.78, 5) is 14.5. The molecule has 0 aliphatic carbocycles. The van der Waals surface area contributed by atoms with Gasteiger partial charge in [0.2, 0.25) is 5.95 Å². The van der Waals surface area contributed by atoms with Crippen molar-refractivity contribution in [3.05, 3.63) is 65.1 Å². The van der Waals surface area contributed by atoms with Crippen molar-refractivity contribution < 1.29 is 4.42 Å². The van der Waals surface area contributed by atoms with Gasteiger partial charge in [0.15, 0.2) is 5.11 Å². The van der Waals surface area contributed by atoms with Gasteiger partial charge < -0.3 is 24.9 Å². The third-order valence-corrected chi connectivity index (χ3v) is 6.77. The molecule has 1 fully saturated rings. The van der Waals surface area contributed by atoms with E-state index >= 15 is 0 Å². The Morgan fingerprint density at radius 1 is 0.941 bits per heavy atom. The Morgan fingerprint density at radius 2 is 1.68 bits per heavy atom. The van der Waals surface area contributed by atoms with E-state index in [1.165, 1.54) is 36.8 Å². The molecule has 2 aliphatic heterocycles. The Hall–Kier alpha value is -3.13. The van der Waals surface area contributed by atoms with Crippen LogP contribution >= 0.6 is 12.2 Å². The molecule has 34 heavy (non-hydrogen) atoms. The van der Waals surface area contributed by atoms with Crippen molar-refractivity contribution in [1.29, 1.82) is 0 Å². The van der Waals surface area contributed by atoms with Gasteiger partial charge in [-0.25, -0.2) is 0 Å². The predicted octanol–water partition coefficient (Wildman–Crippen LogP) is 4.81. The minimum Gasteiger partial charge on any atom is -0.465 e. The fourth-order valence-electron chi connectivity index (χ4n) is 4.69. The first kappa shape index (κ1) is 22.7. The minimum absolute atomic E-state index is 0.483. The van der Waals surface area contributed by atoms with Crippen molar-refractivity contribution in [1.82, 2.24) is 15.3 Å². The molecule has 0 atom stereocenters. The quantitative estimate of drug-likeness (QED) is 0.509. The number of aromatic nitrogens is 2. The molecule has 8 heteroatoms. The standard InChI is InChI=1S/C26H32N6OS/c1-19-10-11-22(33-19)17-27-26(34)30-25-28-23(31-13-6-2-3-7-14-31)16-24(29-25)32-15-12-20-8-4-5-9-21(20)18-32/h4-5,8-11,16H,2-3,6-7,12-15,17-18H2,1H3,(H2,27,28,29,30,34). The lowest BCUT2D eigenvalue weighted by Crippen LogP contribution is -2.33. The van der Waals surface area contributed by atoms with Crippen LogP contribution in [0.15, 0.2) is 46.9 Å². The normalized spacial score (nSPS) is 16.0. The monoisotopic (exact) mass is 476 g/mol. The molecule has 1 aromatic carbocycles. The van der Waals surface area contributed by atoms with Gasteiger partial charge in [-0.2, -0.15) is 9.97 Å². The van der Waals surface area contributed by atoms with Crippen LogP contribution < -0.4 is 20.4 Å². The summed E-state index contributed by atoms with van der Waals surface area (Å²) >= 11 is 5.54. The highest BCUT2D eigenvalue weighted by molar-refractivity contribution is 7.80. The average Bonchev–Trinajstić information content (AvgIpc) is 3.09. The molecule has 4 heterocycles. The highest BCUT2D eigenvalue weighted by Crippen LogP contribution is 2.28. The molecule has 7 nitrogen and oxygen atoms in total. The first-order valence-corrected chi connectivity index (χ1v) is 12.6. The summed E-state index contributed by atoms with van der Waals surface area (Å²) < 4.78 is 5.63. The van der Waals surface area contributed by atoms with Gasteiger partial charge in [0.25, 0.3) is 0 Å². The van der Waals surface area contributed by atoms with E-state index in [0.717, 1.165) is 55.8 Å². The Kier molecular flexibility index (Phi) is 6.94. The summed E-state index contributed by atoms with van der Waals surface area (Å²) in [6, 6.07) is 14.7. The third kappa shape index (κ3) is 5.50. The number of nitrogens with zero attached hydrogens (tertiary/aromatic N) is 4. The molecule has 0 bridgehead atoms. The van der Waals surface area contributed by atoms with E-state index in [1.54, 1.807) is 0 Å². The van der Waals surface area contributed by atoms with Gasteiger partial charge in [-0.15, -0.1) is 0 Å². The van der Waals surface area contributed by atoms with Crippen LogP contribution in [0.4, 0.5) is 17.6 Å². The molecule has 0 spiro atoms. The molecule has 2 aromatic heterocycles. The Labute approximate surface area is 206 Å². The lowest BCUT2D eigenvalue weighted by atomic mass is 10.00. The highest BCUT2D eigenvalue weighted by Gasteiger charge is 2.21. The van der Waals surface area contributed by atoms with Crippen molar-refractivity contribution in [2.24, 2.45) is 0 Å². The van der Waals surface area contributed by atoms with Gasteiger partial charge >= 0.3 is 0 Å². The number of furan rings is 1. The summed E-state index contributed by atoms with van der Waals surface area (Å²) in [7, 11) is 0. The van der Waals surface area contributed by atoms with Crippen LogP contribution in [0.2, 0.25) is 0 Å². The zero-order chi connectivity index (χ0) is 23.3. The first-order chi connectivity index (χ1) is 16.6. The number of fused-ring (bicyclic) bond motifs is 1. The molecule has 5 rings (SSSR count). The van der Waals surface area contributed by atoms with E-state index in [1.807, 2.05) is 19.1 Å². The Balaban J connectivity index is 1.36. The Morgan fingerprint density at radius 3 is 2.41 bits per heavy atom. The van der Waals surface area contributed by atoms with Crippen LogP contribution in [-0.2, 0) is 19.5 Å². The number of nitrogens with one attached hydrogen (secondary N) is 2. The number of benzene rings is 1. The predicted molar refractivity (Wildman–Crippen MR) is 140 cm³/mol. The van der Waals surface area contributed by atoms with E-state index in [2.05, 4.69) is 50.8 Å². The number of aryl methyl sites for hydroxylation is 1. The van der Waals surface area contributed by atoms with Crippen LogP contribution in [0.5, 0.6) is 0 Å². The minimum atomic E-state index is 0.483. The fraction of sp³-hybridized carbons (Fsp3) is 0.423. The maximum absolute atomic E-state index is 5.63. The number of hydrogen-bond donors (Lipinski definition) is 2. The van der Waals surface area contributed by atoms with Crippen LogP contribution in [0.25, 0.3) is 0 Å². The molecular formula is C26H32N6OS. The second-order valence-electron chi connectivity index (χ2n) is 9.07. The van der Waals surface area contributed by atoms with Crippen LogP contribution in [0.3, 0.4) is 0 Å². The van der Waals surface area contributed by atoms with E-state index in [0.29, 0.717) is 17.6 Å². The summed E-state index contributed by atoms with van der Waals surface area (Å²) in [5, 5.41) is 6.90. The first-order valence-electron chi connectivity index (χ1n) is 12.2. The average molecular weight is 477 g/mol. The molecule has 0 unspecified atom stereocenters. The molecule has 2 aliphatic rings. The van der Waals surface area contributed by atoms with Crippen LogP contribution in [0, 0.1) is 6.92 Å². The van der Waals surface area contributed by atoms with Crippen LogP contribution in [-0.4, -0.2) is 34.7 Å². The van der Waals surface area contributed by atoms with Crippen LogP contribution in [0.1, 0.15) is 48.3 Å². The SMILES string of the molecule is Cc1ccc(CNC(=S)Nc2nc(N3CCCCCC3)cc(N3CCc4ccccc4C3)n2)o1. The molecule has 0 saturated carbocycles. The summed E-state index contributed by atoms with van der Waals surface area (Å²) in [6.07, 6.45) is 5.97. The number of anilines is 3. The number of rotatable bonds is 5. The second-order valence-corrected chi connectivity index (χ2v) is 9.48. The molecule has 0 radical (unpaired) electrons. The molecule has 2 N–H and O–H groups in total. The molecule has 1 saturated heterocycles. The number of thiocarbonyl (C=S) groups is 1. The van der Waals surface area contributed by atoms with Crippen molar-refractivity contribution >= 4 is 34.9 Å². The largest absolute Gasteiger partial charge is 0.465 e. The van der Waals surface area contributed by atoms with Gasteiger partial charge in [0, 0.05) is 32.2 Å². The van der Waals surface area contributed by atoms with Crippen molar-refractivity contribution in [2.45, 2.75) is 52.1 Å². The van der Waals surface area contributed by atoms with Gasteiger partial charge in [0.05, 0.1) is 6.54 Å². The molecule has 3 aromatic rings. The van der Waals surface area contributed by atoms with E-state index in [-0.39, 0.29) is 0 Å². The molecule has 178 valence electrons. The highest BCUT2D eigenvalue weighted by atomic mass is 32.1. The Bertz CT molecular complexity index is 1140. The summed E-state index contributed by atoms with van der Waals surface area (Å²) in [5.74, 6) is 4.17. The summed E-state index contributed by atoms with van der Waals surface area (Å²) in [5.41, 5.74) is 2.79. The maximum Gasteiger partial charge on any atom is 0.232 e. The lowest BCUT2D eigenvalue weighted by molar-refractivity contribution is 0.478. The van der Waals surface area contributed by atoms with E-state index in [4.69, 9.17) is 26.6 Å². The van der Waals surface area contributed by atoms with Crippen molar-refractivity contribution in [2.75, 3.05) is 34.8 Å². The topological polar surface area (TPSA) is 69.5 Å². The van der Waals surface area contributed by atoms with Gasteiger partial charge in [-0.3, -0.25) is 0 Å². The fourth-order valence-corrected chi connectivity index (χ4v) is 4.85. The van der Waals surface area contributed by atoms with E-state index < -0.39 is 0 Å². The van der Waals surface area contributed by atoms with Crippen molar-refractivity contribution in [3.8, 4) is 0 Å². The van der Waals surface area contributed by atoms with Gasteiger partial charge in [-0.05, 0) is 61.7 Å². The lowest BCUT2D eigenvalue weighted by Gasteiger charge is -2.31. The van der Waals surface area contributed by atoms with E-state index in [9.17, 15) is 0 Å². The van der Waals surface area contributed by atoms with Gasteiger partial charge in [0.1, 0.15) is 23.2 Å². The molecular weight excluding hydrogens is 444 g/mol. The second kappa shape index (κ2) is 10.4. The number of hydrogen-bond acceptors (Lipinski definition) is 6. The van der Waals surface area contributed by atoms with Crippen molar-refractivity contribution in [3.63, 3.8) is 0 Å².